The summed E-state index contributed by atoms with van der Waals surface area (Å²) >= 11 is 0. The summed E-state index contributed by atoms with van der Waals surface area (Å²) in [6, 6.07) is 0. The van der Waals surface area contributed by atoms with Gasteiger partial charge in [-0.3, -0.25) is 14.4 Å². The van der Waals surface area contributed by atoms with E-state index in [1.165, 1.54) is 70.6 Å². The van der Waals surface area contributed by atoms with Crippen LogP contribution in [0.15, 0.2) is 85.1 Å². The van der Waals surface area contributed by atoms with E-state index in [4.69, 9.17) is 14.2 Å². The molecule has 1 atom stereocenters. The lowest BCUT2D eigenvalue weighted by molar-refractivity contribution is -0.167. The monoisotopic (exact) mass is 835 g/mol. The molecule has 0 radical (unpaired) electrons. The zero-order valence-corrected chi connectivity index (χ0v) is 38.9. The fourth-order valence-corrected chi connectivity index (χ4v) is 6.45. The first-order valence-electron chi connectivity index (χ1n) is 24.6. The van der Waals surface area contributed by atoms with Gasteiger partial charge in [0, 0.05) is 19.3 Å². The molecule has 0 heterocycles. The van der Waals surface area contributed by atoms with Crippen molar-refractivity contribution in [3.63, 3.8) is 0 Å². The van der Waals surface area contributed by atoms with Gasteiger partial charge in [0.2, 0.25) is 0 Å². The predicted molar refractivity (Wildman–Crippen MR) is 256 cm³/mol. The Morgan fingerprint density at radius 1 is 0.350 bits per heavy atom. The smallest absolute Gasteiger partial charge is 0.306 e. The summed E-state index contributed by atoms with van der Waals surface area (Å²) < 4.78 is 16.7. The van der Waals surface area contributed by atoms with Crippen molar-refractivity contribution in [1.29, 1.82) is 0 Å². The number of unbranched alkanes of at least 4 members (excludes halogenated alkanes) is 18. The van der Waals surface area contributed by atoms with Gasteiger partial charge in [0.25, 0.3) is 0 Å². The normalized spacial score (nSPS) is 12.8. The summed E-state index contributed by atoms with van der Waals surface area (Å²) in [6.45, 7) is 6.41. The van der Waals surface area contributed by atoms with Crippen LogP contribution in [0, 0.1) is 0 Å². The molecule has 0 unspecified atom stereocenters. The Hall–Kier alpha value is -3.41. The highest BCUT2D eigenvalue weighted by atomic mass is 16.6. The average Bonchev–Trinajstić information content (AvgIpc) is 3.24. The van der Waals surface area contributed by atoms with Crippen molar-refractivity contribution in [2.75, 3.05) is 13.2 Å². The lowest BCUT2D eigenvalue weighted by Crippen LogP contribution is -2.30. The molecule has 0 amide bonds. The van der Waals surface area contributed by atoms with E-state index in [0.29, 0.717) is 19.3 Å². The SMILES string of the molecule is CC/C=C\C/C=C\C/C=C\CCCCCCCC(=O)O[C@@H](COC(=O)CCC/C=C\C/C=C\C/C=C\C/C=C\CCCCC)COC(=O)CCCCCCCCCCCC. The number of carbonyl (C=O) groups excluding carboxylic acids is 3. The van der Waals surface area contributed by atoms with Gasteiger partial charge in [0.1, 0.15) is 13.2 Å². The molecule has 0 aromatic carbocycles. The summed E-state index contributed by atoms with van der Waals surface area (Å²) in [6.07, 6.45) is 61.4. The first kappa shape index (κ1) is 56.6. The van der Waals surface area contributed by atoms with E-state index in [2.05, 4.69) is 106 Å². The van der Waals surface area contributed by atoms with Crippen molar-refractivity contribution in [3.05, 3.63) is 85.1 Å². The lowest BCUT2D eigenvalue weighted by Gasteiger charge is -2.18. The fourth-order valence-electron chi connectivity index (χ4n) is 6.45. The molecule has 342 valence electrons. The van der Waals surface area contributed by atoms with Crippen LogP contribution in [-0.2, 0) is 28.6 Å². The van der Waals surface area contributed by atoms with E-state index in [0.717, 1.165) is 103 Å². The second kappa shape index (κ2) is 48.3. The van der Waals surface area contributed by atoms with Crippen molar-refractivity contribution in [2.45, 2.75) is 226 Å². The van der Waals surface area contributed by atoms with Crippen molar-refractivity contribution in [1.82, 2.24) is 0 Å². The van der Waals surface area contributed by atoms with E-state index in [1.54, 1.807) is 0 Å². The predicted octanol–water partition coefficient (Wildman–Crippen LogP) is 16.0. The first-order valence-corrected chi connectivity index (χ1v) is 24.6. The first-order chi connectivity index (χ1) is 29.5. The Labute approximate surface area is 369 Å². The van der Waals surface area contributed by atoms with E-state index < -0.39 is 6.10 Å². The Morgan fingerprint density at radius 3 is 1.12 bits per heavy atom. The van der Waals surface area contributed by atoms with Crippen LogP contribution >= 0.6 is 0 Å². The molecule has 60 heavy (non-hydrogen) atoms. The van der Waals surface area contributed by atoms with Crippen LogP contribution in [0.25, 0.3) is 0 Å². The summed E-state index contributed by atoms with van der Waals surface area (Å²) in [7, 11) is 0. The highest BCUT2D eigenvalue weighted by molar-refractivity contribution is 5.71. The Bertz CT molecular complexity index is 1190. The molecule has 0 spiro atoms. The number of carbonyl (C=O) groups is 3. The molecule has 0 aromatic heterocycles. The molecule has 0 fully saturated rings. The maximum Gasteiger partial charge on any atom is 0.306 e. The number of rotatable bonds is 43. The number of esters is 3. The van der Waals surface area contributed by atoms with Gasteiger partial charge in [0.15, 0.2) is 6.10 Å². The molecule has 6 heteroatoms. The van der Waals surface area contributed by atoms with Gasteiger partial charge in [-0.25, -0.2) is 0 Å². The zero-order chi connectivity index (χ0) is 43.7. The molecule has 0 saturated carbocycles. The second-order valence-electron chi connectivity index (χ2n) is 16.0. The van der Waals surface area contributed by atoms with Gasteiger partial charge >= 0.3 is 17.9 Å². The highest BCUT2D eigenvalue weighted by Crippen LogP contribution is 2.13. The summed E-state index contributed by atoms with van der Waals surface area (Å²) in [5.41, 5.74) is 0. The number of ether oxygens (including phenoxy) is 3. The van der Waals surface area contributed by atoms with Crippen molar-refractivity contribution < 1.29 is 28.6 Å². The van der Waals surface area contributed by atoms with Crippen LogP contribution in [0.5, 0.6) is 0 Å². The van der Waals surface area contributed by atoms with Gasteiger partial charge in [-0.1, -0.05) is 196 Å². The Balaban J connectivity index is 4.49. The Kier molecular flexibility index (Phi) is 45.5. The van der Waals surface area contributed by atoms with Crippen molar-refractivity contribution in [3.8, 4) is 0 Å². The molecule has 0 aliphatic carbocycles. The fraction of sp³-hybridized carbons (Fsp3) is 0.685. The Morgan fingerprint density at radius 2 is 0.667 bits per heavy atom. The number of hydrogen-bond donors (Lipinski definition) is 0. The number of allylic oxidation sites excluding steroid dienone is 14. The summed E-state index contributed by atoms with van der Waals surface area (Å²) in [5, 5.41) is 0. The average molecular weight is 835 g/mol. The zero-order valence-electron chi connectivity index (χ0n) is 38.9. The highest BCUT2D eigenvalue weighted by Gasteiger charge is 2.19. The molecule has 0 saturated heterocycles. The van der Waals surface area contributed by atoms with Gasteiger partial charge in [-0.05, 0) is 89.9 Å². The van der Waals surface area contributed by atoms with E-state index in [1.807, 2.05) is 0 Å². The summed E-state index contributed by atoms with van der Waals surface area (Å²) in [4.78, 5) is 37.8. The van der Waals surface area contributed by atoms with Crippen LogP contribution in [0.4, 0.5) is 0 Å². The van der Waals surface area contributed by atoms with Gasteiger partial charge in [-0.15, -0.1) is 0 Å². The quantitative estimate of drug-likeness (QED) is 0.0263. The third kappa shape index (κ3) is 45.7. The molecule has 0 bridgehead atoms. The van der Waals surface area contributed by atoms with Crippen LogP contribution < -0.4 is 0 Å². The van der Waals surface area contributed by atoms with Crippen LogP contribution in [0.2, 0.25) is 0 Å². The van der Waals surface area contributed by atoms with E-state index >= 15 is 0 Å². The largest absolute Gasteiger partial charge is 0.462 e. The minimum absolute atomic E-state index is 0.100. The second-order valence-corrected chi connectivity index (χ2v) is 16.0. The topological polar surface area (TPSA) is 78.9 Å². The van der Waals surface area contributed by atoms with E-state index in [9.17, 15) is 14.4 Å². The molecule has 0 aromatic rings. The minimum atomic E-state index is -0.805. The molecule has 6 nitrogen and oxygen atoms in total. The van der Waals surface area contributed by atoms with Crippen molar-refractivity contribution >= 4 is 17.9 Å². The van der Waals surface area contributed by atoms with Crippen LogP contribution in [0.1, 0.15) is 220 Å². The minimum Gasteiger partial charge on any atom is -0.462 e. The van der Waals surface area contributed by atoms with E-state index in [-0.39, 0.29) is 37.5 Å². The van der Waals surface area contributed by atoms with Gasteiger partial charge in [0.05, 0.1) is 0 Å². The summed E-state index contributed by atoms with van der Waals surface area (Å²) in [5.74, 6) is -0.981. The maximum absolute atomic E-state index is 12.8. The molecule has 0 aliphatic heterocycles. The number of hydrogen-bond acceptors (Lipinski definition) is 6. The lowest BCUT2D eigenvalue weighted by atomic mass is 10.1. The maximum atomic E-state index is 12.8. The van der Waals surface area contributed by atoms with Gasteiger partial charge < -0.3 is 14.2 Å². The van der Waals surface area contributed by atoms with Crippen LogP contribution in [-0.4, -0.2) is 37.2 Å². The third-order valence-electron chi connectivity index (χ3n) is 10.1. The van der Waals surface area contributed by atoms with Crippen molar-refractivity contribution in [2.24, 2.45) is 0 Å². The van der Waals surface area contributed by atoms with Gasteiger partial charge in [-0.2, -0.15) is 0 Å². The van der Waals surface area contributed by atoms with Crippen LogP contribution in [0.3, 0.4) is 0 Å². The third-order valence-corrected chi connectivity index (χ3v) is 10.1. The molecule has 0 N–H and O–H groups in total. The molecule has 0 rings (SSSR count). The molecule has 0 aliphatic rings. The standard InChI is InChI=1S/C54H90O6/c1-4-7-10-13-16-19-22-24-26-27-29-30-32-35-38-41-44-47-53(56)59-50-51(49-58-52(55)46-43-40-37-34-21-18-15-12-9-6-3)60-54(57)48-45-42-39-36-33-31-28-25-23-20-17-14-11-8-5-2/h8,11,16-17,19-20,24-26,28-30,35,38,51H,4-7,9-10,12-15,18,21-23,27,31-34,36-37,39-50H2,1-3H3/b11-8-,19-16-,20-17-,26-24-,28-25-,30-29-,38-35-/t51-/m1/s1. The molecular formula is C54H90O6. The molecular weight excluding hydrogens is 745 g/mol.